The summed E-state index contributed by atoms with van der Waals surface area (Å²) in [5, 5.41) is 0. The van der Waals surface area contributed by atoms with Crippen molar-refractivity contribution in [1.82, 2.24) is 14.7 Å². The lowest BCUT2D eigenvalue weighted by atomic mass is 9.79. The molecule has 6 heteroatoms. The second-order valence-electron chi connectivity index (χ2n) is 8.53. The number of furan rings is 1. The Bertz CT molecular complexity index is 666. The third-order valence-electron chi connectivity index (χ3n) is 6.29. The Hall–Kier alpha value is -1.82. The van der Waals surface area contributed by atoms with Crippen molar-refractivity contribution in [3.63, 3.8) is 0 Å². The van der Waals surface area contributed by atoms with E-state index in [1.807, 2.05) is 29.7 Å². The summed E-state index contributed by atoms with van der Waals surface area (Å²) < 4.78 is 5.19. The number of carbonyl (C=O) groups is 2. The number of carbonyl (C=O) groups excluding carboxylic acids is 2. The maximum absolute atomic E-state index is 13.5. The Balaban J connectivity index is 1.55. The van der Waals surface area contributed by atoms with Gasteiger partial charge in [-0.25, -0.2) is 0 Å². The van der Waals surface area contributed by atoms with Gasteiger partial charge in [-0.05, 0) is 18.9 Å². The van der Waals surface area contributed by atoms with Crippen molar-refractivity contribution < 1.29 is 14.0 Å². The minimum Gasteiger partial charge on any atom is -0.472 e. The van der Waals surface area contributed by atoms with E-state index in [4.69, 9.17) is 4.42 Å². The van der Waals surface area contributed by atoms with Crippen LogP contribution in [0.25, 0.3) is 0 Å². The number of amides is 2. The number of nitrogens with zero attached hydrogens (tertiary/aromatic N) is 3. The molecule has 0 bridgehead atoms. The first-order valence-corrected chi connectivity index (χ1v) is 9.81. The Kier molecular flexibility index (Phi) is 4.55. The average molecular weight is 359 g/mol. The smallest absolute Gasteiger partial charge is 0.232 e. The molecular weight excluding hydrogens is 330 g/mol. The van der Waals surface area contributed by atoms with Gasteiger partial charge in [-0.2, -0.15) is 0 Å². The minimum absolute atomic E-state index is 0.0187. The molecule has 0 saturated carbocycles. The molecule has 3 fully saturated rings. The molecule has 142 valence electrons. The van der Waals surface area contributed by atoms with E-state index in [-0.39, 0.29) is 23.7 Å². The highest BCUT2D eigenvalue weighted by molar-refractivity contribution is 5.87. The number of hydrogen-bond donors (Lipinski definition) is 0. The summed E-state index contributed by atoms with van der Waals surface area (Å²) >= 11 is 0. The summed E-state index contributed by atoms with van der Waals surface area (Å²) in [4.78, 5) is 32.4. The van der Waals surface area contributed by atoms with Crippen LogP contribution >= 0.6 is 0 Å². The second kappa shape index (κ2) is 6.72. The molecule has 0 N–H and O–H groups in total. The van der Waals surface area contributed by atoms with Crippen LogP contribution in [0.1, 0.15) is 32.3 Å². The topological polar surface area (TPSA) is 57.0 Å². The first-order valence-electron chi connectivity index (χ1n) is 9.81. The normalized spacial score (nSPS) is 29.0. The zero-order valence-corrected chi connectivity index (χ0v) is 15.8. The van der Waals surface area contributed by atoms with E-state index in [1.165, 1.54) is 0 Å². The van der Waals surface area contributed by atoms with E-state index < -0.39 is 5.41 Å². The summed E-state index contributed by atoms with van der Waals surface area (Å²) in [6.07, 6.45) is 5.66. The Morgan fingerprint density at radius 3 is 2.62 bits per heavy atom. The van der Waals surface area contributed by atoms with Gasteiger partial charge in [0.15, 0.2) is 0 Å². The number of fused-ring (bicyclic) bond motifs is 1. The van der Waals surface area contributed by atoms with Crippen LogP contribution in [-0.4, -0.2) is 65.8 Å². The highest BCUT2D eigenvalue weighted by atomic mass is 16.3. The average Bonchev–Trinajstić information content (AvgIpc) is 3.37. The third kappa shape index (κ3) is 2.94. The molecule has 1 aromatic heterocycles. The van der Waals surface area contributed by atoms with Gasteiger partial charge in [-0.1, -0.05) is 13.8 Å². The summed E-state index contributed by atoms with van der Waals surface area (Å²) in [6, 6.07) is 1.98. The molecule has 0 aromatic carbocycles. The highest BCUT2D eigenvalue weighted by Crippen LogP contribution is 2.45. The zero-order chi connectivity index (χ0) is 18.3. The van der Waals surface area contributed by atoms with Gasteiger partial charge >= 0.3 is 0 Å². The fourth-order valence-corrected chi connectivity index (χ4v) is 5.00. The van der Waals surface area contributed by atoms with Gasteiger partial charge in [0.1, 0.15) is 0 Å². The molecule has 2 atom stereocenters. The molecule has 26 heavy (non-hydrogen) atoms. The van der Waals surface area contributed by atoms with Crippen molar-refractivity contribution in [2.75, 3.05) is 39.3 Å². The molecule has 3 saturated heterocycles. The van der Waals surface area contributed by atoms with Gasteiger partial charge in [-0.3, -0.25) is 14.5 Å². The van der Waals surface area contributed by atoms with Crippen LogP contribution in [0.2, 0.25) is 0 Å². The predicted molar refractivity (Wildman–Crippen MR) is 97.1 cm³/mol. The van der Waals surface area contributed by atoms with E-state index >= 15 is 0 Å². The lowest BCUT2D eigenvalue weighted by molar-refractivity contribution is -0.142. The first kappa shape index (κ1) is 17.6. The lowest BCUT2D eigenvalue weighted by Gasteiger charge is -2.32. The van der Waals surface area contributed by atoms with Crippen LogP contribution in [0, 0.1) is 17.3 Å². The van der Waals surface area contributed by atoms with E-state index in [9.17, 15) is 9.59 Å². The van der Waals surface area contributed by atoms with Gasteiger partial charge in [0, 0.05) is 63.2 Å². The van der Waals surface area contributed by atoms with Crippen LogP contribution in [0.3, 0.4) is 0 Å². The van der Waals surface area contributed by atoms with Gasteiger partial charge in [0.05, 0.1) is 17.9 Å². The first-order chi connectivity index (χ1) is 12.5. The molecule has 4 rings (SSSR count). The molecule has 2 amide bonds. The number of hydrogen-bond acceptors (Lipinski definition) is 4. The number of likely N-dealkylation sites (tertiary alicyclic amines) is 3. The lowest BCUT2D eigenvalue weighted by Crippen LogP contribution is -2.49. The quantitative estimate of drug-likeness (QED) is 0.823. The number of rotatable bonds is 4. The van der Waals surface area contributed by atoms with E-state index in [2.05, 4.69) is 4.90 Å². The SMILES string of the molecule is CC(C)C(=O)N1CC2CN(Cc3ccoc3)CC2(C(=O)N2CCCC2)C1. The second-order valence-corrected chi connectivity index (χ2v) is 8.53. The van der Waals surface area contributed by atoms with Crippen LogP contribution in [-0.2, 0) is 16.1 Å². The monoisotopic (exact) mass is 359 g/mol. The Morgan fingerprint density at radius 1 is 1.19 bits per heavy atom. The van der Waals surface area contributed by atoms with Crippen LogP contribution in [0.5, 0.6) is 0 Å². The molecule has 3 aliphatic rings. The molecular formula is C20H29N3O3. The fraction of sp³-hybridized carbons (Fsp3) is 0.700. The third-order valence-corrected chi connectivity index (χ3v) is 6.29. The van der Waals surface area contributed by atoms with Crippen molar-refractivity contribution >= 4 is 11.8 Å². The maximum Gasteiger partial charge on any atom is 0.232 e. The Labute approximate surface area is 155 Å². The van der Waals surface area contributed by atoms with Gasteiger partial charge in [0.2, 0.25) is 11.8 Å². The van der Waals surface area contributed by atoms with Crippen molar-refractivity contribution in [3.05, 3.63) is 24.2 Å². The molecule has 2 unspecified atom stereocenters. The zero-order valence-electron chi connectivity index (χ0n) is 15.8. The van der Waals surface area contributed by atoms with E-state index in [0.717, 1.165) is 51.1 Å². The summed E-state index contributed by atoms with van der Waals surface area (Å²) in [7, 11) is 0. The summed E-state index contributed by atoms with van der Waals surface area (Å²) in [5.74, 6) is 0.656. The fourth-order valence-electron chi connectivity index (χ4n) is 5.00. The van der Waals surface area contributed by atoms with E-state index in [1.54, 1.807) is 12.5 Å². The standard InChI is InChI=1S/C20H29N3O3/c1-15(2)18(24)23-11-17-10-21(9-16-5-8-26-12-16)13-20(17,14-23)19(25)22-6-3-4-7-22/h5,8,12,15,17H,3-4,6-7,9-11,13-14H2,1-2H3. The predicted octanol–water partition coefficient (Wildman–Crippen LogP) is 1.82. The molecule has 0 radical (unpaired) electrons. The molecule has 3 aliphatic heterocycles. The van der Waals surface area contributed by atoms with Crippen molar-refractivity contribution in [2.45, 2.75) is 33.2 Å². The van der Waals surface area contributed by atoms with Gasteiger partial charge in [0.25, 0.3) is 0 Å². The van der Waals surface area contributed by atoms with Crippen LogP contribution < -0.4 is 0 Å². The summed E-state index contributed by atoms with van der Waals surface area (Å²) in [5.41, 5.74) is 0.711. The molecule has 1 aromatic rings. The molecule has 6 nitrogen and oxygen atoms in total. The van der Waals surface area contributed by atoms with Crippen LogP contribution in [0.15, 0.2) is 23.0 Å². The molecule has 0 aliphatic carbocycles. The van der Waals surface area contributed by atoms with Crippen molar-refractivity contribution in [2.24, 2.45) is 17.3 Å². The Morgan fingerprint density at radius 2 is 1.96 bits per heavy atom. The minimum atomic E-state index is -0.432. The largest absolute Gasteiger partial charge is 0.472 e. The van der Waals surface area contributed by atoms with Crippen LogP contribution in [0.4, 0.5) is 0 Å². The van der Waals surface area contributed by atoms with Crippen molar-refractivity contribution in [1.29, 1.82) is 0 Å². The molecule has 4 heterocycles. The van der Waals surface area contributed by atoms with Crippen molar-refractivity contribution in [3.8, 4) is 0 Å². The molecule has 0 spiro atoms. The van der Waals surface area contributed by atoms with E-state index in [0.29, 0.717) is 13.1 Å². The summed E-state index contributed by atoms with van der Waals surface area (Å²) in [6.45, 7) is 9.31. The van der Waals surface area contributed by atoms with Gasteiger partial charge in [-0.15, -0.1) is 0 Å². The maximum atomic E-state index is 13.5. The highest BCUT2D eigenvalue weighted by Gasteiger charge is 2.59. The van der Waals surface area contributed by atoms with Gasteiger partial charge < -0.3 is 14.2 Å².